The lowest BCUT2D eigenvalue weighted by Crippen LogP contribution is -2.37. The van der Waals surface area contributed by atoms with Crippen LogP contribution in [0.15, 0.2) is 0 Å². The number of nitrogens with zero attached hydrogens (tertiary/aromatic N) is 3. The van der Waals surface area contributed by atoms with Crippen molar-refractivity contribution in [3.8, 4) is 0 Å². The Morgan fingerprint density at radius 2 is 2.18 bits per heavy atom. The first-order chi connectivity index (χ1) is 8.24. The minimum Gasteiger partial charge on any atom is -0.469 e. The van der Waals surface area contributed by atoms with Gasteiger partial charge in [0.15, 0.2) is 5.82 Å². The minimum atomic E-state index is -0.378. The molecule has 1 aromatic rings. The molecule has 17 heavy (non-hydrogen) atoms. The second-order valence-electron chi connectivity index (χ2n) is 3.82. The molecule has 1 aromatic heterocycles. The molecular formula is C10H15N3O3S. The largest absolute Gasteiger partial charge is 0.469 e. The summed E-state index contributed by atoms with van der Waals surface area (Å²) in [6, 6.07) is 0. The van der Waals surface area contributed by atoms with E-state index in [0.29, 0.717) is 18.9 Å². The number of carbonyl (C=O) groups excluding carboxylic acids is 1. The number of hydrogen-bond acceptors (Lipinski definition) is 7. The number of morpholine rings is 1. The van der Waals surface area contributed by atoms with E-state index in [4.69, 9.17) is 9.47 Å². The third-order valence-electron chi connectivity index (χ3n) is 2.77. The molecule has 0 aliphatic carbocycles. The zero-order valence-corrected chi connectivity index (χ0v) is 10.7. The molecule has 2 rings (SSSR count). The van der Waals surface area contributed by atoms with Crippen LogP contribution in [0.1, 0.15) is 18.5 Å². The molecule has 7 heteroatoms. The summed E-state index contributed by atoms with van der Waals surface area (Å²) in [4.78, 5) is 13.6. The molecule has 0 bridgehead atoms. The molecule has 0 aromatic carbocycles. The topological polar surface area (TPSA) is 64.5 Å². The van der Waals surface area contributed by atoms with Crippen LogP contribution in [-0.4, -0.2) is 48.1 Å². The van der Waals surface area contributed by atoms with E-state index in [1.165, 1.54) is 7.11 Å². The molecule has 1 saturated heterocycles. The van der Waals surface area contributed by atoms with E-state index in [-0.39, 0.29) is 11.9 Å². The van der Waals surface area contributed by atoms with Crippen molar-refractivity contribution in [2.75, 3.05) is 38.3 Å². The Kier molecular flexibility index (Phi) is 3.90. The van der Waals surface area contributed by atoms with Crippen LogP contribution in [0.5, 0.6) is 0 Å². The van der Waals surface area contributed by atoms with E-state index in [9.17, 15) is 4.79 Å². The van der Waals surface area contributed by atoms with Gasteiger partial charge in [0.25, 0.3) is 0 Å². The van der Waals surface area contributed by atoms with E-state index < -0.39 is 0 Å². The van der Waals surface area contributed by atoms with Crippen LogP contribution < -0.4 is 4.90 Å². The average Bonchev–Trinajstić information content (AvgIpc) is 2.87. The first kappa shape index (κ1) is 12.3. The summed E-state index contributed by atoms with van der Waals surface area (Å²) in [7, 11) is 1.38. The van der Waals surface area contributed by atoms with Gasteiger partial charge in [-0.05, 0) is 6.92 Å². The van der Waals surface area contributed by atoms with Crippen molar-refractivity contribution in [1.29, 1.82) is 0 Å². The van der Waals surface area contributed by atoms with Crippen molar-refractivity contribution in [2.24, 2.45) is 0 Å². The van der Waals surface area contributed by atoms with E-state index in [2.05, 4.69) is 13.6 Å². The molecule has 1 aliphatic heterocycles. The molecule has 2 heterocycles. The molecule has 0 saturated carbocycles. The van der Waals surface area contributed by atoms with E-state index in [0.717, 1.165) is 30.6 Å². The fraction of sp³-hybridized carbons (Fsp3) is 0.700. The van der Waals surface area contributed by atoms with Crippen LogP contribution in [0.3, 0.4) is 0 Å². The van der Waals surface area contributed by atoms with Gasteiger partial charge in [-0.2, -0.15) is 8.75 Å². The van der Waals surface area contributed by atoms with E-state index in [1.54, 1.807) is 6.92 Å². The highest BCUT2D eigenvalue weighted by Crippen LogP contribution is 2.26. The standard InChI is InChI=1S/C10H15N3O3S/c1-7(10(14)15-2)8-9(12-17-11-8)13-3-5-16-6-4-13/h7H,3-6H2,1-2H3. The molecule has 94 valence electrons. The van der Waals surface area contributed by atoms with Gasteiger partial charge in [-0.1, -0.05) is 0 Å². The molecule has 1 atom stereocenters. The number of methoxy groups -OCH3 is 1. The van der Waals surface area contributed by atoms with Gasteiger partial charge in [0, 0.05) is 13.1 Å². The Labute approximate surface area is 104 Å². The second-order valence-corrected chi connectivity index (χ2v) is 4.35. The Morgan fingerprint density at radius 1 is 1.47 bits per heavy atom. The van der Waals surface area contributed by atoms with Gasteiger partial charge in [0.05, 0.1) is 32.1 Å². The summed E-state index contributed by atoms with van der Waals surface area (Å²) in [5, 5.41) is 0. The van der Waals surface area contributed by atoms with E-state index in [1.807, 2.05) is 0 Å². The zero-order valence-electron chi connectivity index (χ0n) is 9.88. The van der Waals surface area contributed by atoms with Crippen LogP contribution in [0.25, 0.3) is 0 Å². The molecule has 0 N–H and O–H groups in total. The monoisotopic (exact) mass is 257 g/mol. The van der Waals surface area contributed by atoms with Crippen molar-refractivity contribution >= 4 is 23.5 Å². The summed E-state index contributed by atoms with van der Waals surface area (Å²) >= 11 is 1.13. The summed E-state index contributed by atoms with van der Waals surface area (Å²) in [6.45, 7) is 4.72. The first-order valence-corrected chi connectivity index (χ1v) is 6.20. The van der Waals surface area contributed by atoms with Crippen LogP contribution in [0, 0.1) is 0 Å². The van der Waals surface area contributed by atoms with Gasteiger partial charge in [0.2, 0.25) is 0 Å². The van der Waals surface area contributed by atoms with Crippen molar-refractivity contribution in [1.82, 2.24) is 8.75 Å². The van der Waals surface area contributed by atoms with Crippen molar-refractivity contribution in [2.45, 2.75) is 12.8 Å². The number of carbonyl (C=O) groups is 1. The van der Waals surface area contributed by atoms with Gasteiger partial charge >= 0.3 is 5.97 Å². The smallest absolute Gasteiger partial charge is 0.314 e. The Morgan fingerprint density at radius 3 is 2.82 bits per heavy atom. The number of aromatic nitrogens is 2. The van der Waals surface area contributed by atoms with Crippen molar-refractivity contribution < 1.29 is 14.3 Å². The SMILES string of the molecule is COC(=O)C(C)c1nsnc1N1CCOCC1. The van der Waals surface area contributed by atoms with Crippen LogP contribution in [-0.2, 0) is 14.3 Å². The van der Waals surface area contributed by atoms with Crippen LogP contribution in [0.2, 0.25) is 0 Å². The molecule has 6 nitrogen and oxygen atoms in total. The molecule has 1 fully saturated rings. The summed E-state index contributed by atoms with van der Waals surface area (Å²) < 4.78 is 18.5. The Hall–Kier alpha value is -1.21. The number of rotatable bonds is 3. The number of ether oxygens (including phenoxy) is 2. The predicted octanol–water partition coefficient (Wildman–Crippen LogP) is 0.651. The maximum absolute atomic E-state index is 11.5. The summed E-state index contributed by atoms with van der Waals surface area (Å²) in [6.07, 6.45) is 0. The first-order valence-electron chi connectivity index (χ1n) is 5.47. The molecule has 0 radical (unpaired) electrons. The van der Waals surface area contributed by atoms with Crippen LogP contribution >= 0.6 is 11.7 Å². The average molecular weight is 257 g/mol. The highest BCUT2D eigenvalue weighted by atomic mass is 32.1. The van der Waals surface area contributed by atoms with Gasteiger partial charge in [0.1, 0.15) is 11.6 Å². The molecule has 0 spiro atoms. The maximum atomic E-state index is 11.5. The maximum Gasteiger partial charge on any atom is 0.314 e. The second kappa shape index (κ2) is 5.42. The highest BCUT2D eigenvalue weighted by molar-refractivity contribution is 6.99. The van der Waals surface area contributed by atoms with Crippen molar-refractivity contribution in [3.63, 3.8) is 0 Å². The molecule has 0 amide bonds. The van der Waals surface area contributed by atoms with Gasteiger partial charge < -0.3 is 14.4 Å². The summed E-state index contributed by atoms with van der Waals surface area (Å²) in [5.41, 5.74) is 0.698. The zero-order chi connectivity index (χ0) is 12.3. The number of hydrogen-bond donors (Lipinski definition) is 0. The Balaban J connectivity index is 2.18. The highest BCUT2D eigenvalue weighted by Gasteiger charge is 2.26. The van der Waals surface area contributed by atoms with Gasteiger partial charge in [-0.3, -0.25) is 4.79 Å². The number of anilines is 1. The van der Waals surface area contributed by atoms with Gasteiger partial charge in [-0.15, -0.1) is 0 Å². The van der Waals surface area contributed by atoms with Crippen molar-refractivity contribution in [3.05, 3.63) is 5.69 Å². The summed E-state index contributed by atoms with van der Waals surface area (Å²) in [5.74, 6) is 0.125. The fourth-order valence-corrected chi connectivity index (χ4v) is 2.40. The predicted molar refractivity (Wildman–Crippen MR) is 63.4 cm³/mol. The lowest BCUT2D eigenvalue weighted by atomic mass is 10.1. The fourth-order valence-electron chi connectivity index (χ4n) is 1.75. The quantitative estimate of drug-likeness (QED) is 0.741. The molecule has 1 aliphatic rings. The van der Waals surface area contributed by atoms with E-state index >= 15 is 0 Å². The normalized spacial score (nSPS) is 17.9. The number of esters is 1. The lowest BCUT2D eigenvalue weighted by Gasteiger charge is -2.27. The Bertz CT molecular complexity index is 390. The third-order valence-corrected chi connectivity index (χ3v) is 3.30. The van der Waals surface area contributed by atoms with Gasteiger partial charge in [-0.25, -0.2) is 0 Å². The molecular weight excluding hydrogens is 242 g/mol. The lowest BCUT2D eigenvalue weighted by molar-refractivity contribution is -0.142. The third kappa shape index (κ3) is 2.55. The minimum absolute atomic E-state index is 0.285. The van der Waals surface area contributed by atoms with Crippen LogP contribution in [0.4, 0.5) is 5.82 Å². The molecule has 1 unspecified atom stereocenters.